The van der Waals surface area contributed by atoms with Gasteiger partial charge in [-0.1, -0.05) is 18.2 Å². The van der Waals surface area contributed by atoms with Crippen LogP contribution in [0.2, 0.25) is 0 Å². The summed E-state index contributed by atoms with van der Waals surface area (Å²) in [6.07, 6.45) is 4.95. The zero-order valence-corrected chi connectivity index (χ0v) is 13.2. The summed E-state index contributed by atoms with van der Waals surface area (Å²) < 4.78 is 5.21. The normalized spacial score (nSPS) is 10.5. The van der Waals surface area contributed by atoms with Crippen LogP contribution in [0.5, 0.6) is 0 Å². The van der Waals surface area contributed by atoms with Crippen LogP contribution in [0, 0.1) is 13.8 Å². The number of pyridine rings is 1. The predicted octanol–water partition coefficient (Wildman–Crippen LogP) is 3.89. The number of aryl methyl sites for hydroxylation is 1. The van der Waals surface area contributed by atoms with Crippen molar-refractivity contribution in [1.29, 1.82) is 0 Å². The third kappa shape index (κ3) is 3.31. The Kier molecular flexibility index (Phi) is 4.24. The van der Waals surface area contributed by atoms with Gasteiger partial charge in [0.2, 0.25) is 0 Å². The van der Waals surface area contributed by atoms with Gasteiger partial charge in [-0.25, -0.2) is 0 Å². The molecule has 0 saturated heterocycles. The van der Waals surface area contributed by atoms with Gasteiger partial charge in [-0.05, 0) is 48.7 Å². The number of nitrogens with one attached hydrogen (secondary N) is 1. The molecule has 0 aliphatic heterocycles. The quantitative estimate of drug-likeness (QED) is 0.795. The first kappa shape index (κ1) is 15.0. The van der Waals surface area contributed by atoms with Gasteiger partial charge in [-0.3, -0.25) is 9.78 Å². The van der Waals surface area contributed by atoms with Gasteiger partial charge in [-0.15, -0.1) is 0 Å². The Hall–Kier alpha value is -2.88. The van der Waals surface area contributed by atoms with Crippen LogP contribution in [0.4, 0.5) is 0 Å². The van der Waals surface area contributed by atoms with E-state index in [2.05, 4.69) is 30.2 Å². The molecule has 2 heterocycles. The molecule has 0 unspecified atom stereocenters. The van der Waals surface area contributed by atoms with E-state index in [0.717, 1.165) is 16.9 Å². The van der Waals surface area contributed by atoms with E-state index in [9.17, 15) is 4.79 Å². The summed E-state index contributed by atoms with van der Waals surface area (Å²) in [6.45, 7) is 4.51. The molecule has 3 aromatic rings. The molecule has 4 heteroatoms. The van der Waals surface area contributed by atoms with E-state index in [0.29, 0.717) is 12.1 Å². The summed E-state index contributed by atoms with van der Waals surface area (Å²) >= 11 is 0. The van der Waals surface area contributed by atoms with Crippen molar-refractivity contribution in [1.82, 2.24) is 10.3 Å². The highest BCUT2D eigenvalue weighted by atomic mass is 16.3. The lowest BCUT2D eigenvalue weighted by molar-refractivity contribution is 0.0947. The molecule has 1 aromatic carbocycles. The fourth-order valence-electron chi connectivity index (χ4n) is 2.46. The molecule has 0 fully saturated rings. The molecule has 0 spiro atoms. The van der Waals surface area contributed by atoms with E-state index < -0.39 is 0 Å². The lowest BCUT2D eigenvalue weighted by Crippen LogP contribution is -2.22. The SMILES string of the molecule is Cc1cccc(-c2cncc(C(=O)NCc3ccco3)c2)c1C. The van der Waals surface area contributed by atoms with Crippen LogP contribution in [-0.4, -0.2) is 10.9 Å². The lowest BCUT2D eigenvalue weighted by atomic mass is 9.97. The van der Waals surface area contributed by atoms with Crippen molar-refractivity contribution in [2.45, 2.75) is 20.4 Å². The Morgan fingerprint density at radius 1 is 1.17 bits per heavy atom. The van der Waals surface area contributed by atoms with Crippen LogP contribution in [0.15, 0.2) is 59.5 Å². The van der Waals surface area contributed by atoms with Crippen LogP contribution in [0.3, 0.4) is 0 Å². The van der Waals surface area contributed by atoms with Gasteiger partial charge in [0.1, 0.15) is 5.76 Å². The summed E-state index contributed by atoms with van der Waals surface area (Å²) in [5.74, 6) is 0.554. The topological polar surface area (TPSA) is 55.1 Å². The average molecular weight is 306 g/mol. The fourth-order valence-corrected chi connectivity index (χ4v) is 2.46. The maximum Gasteiger partial charge on any atom is 0.253 e. The Balaban J connectivity index is 1.82. The van der Waals surface area contributed by atoms with E-state index >= 15 is 0 Å². The van der Waals surface area contributed by atoms with E-state index in [4.69, 9.17) is 4.42 Å². The highest BCUT2D eigenvalue weighted by Crippen LogP contribution is 2.25. The number of furan rings is 1. The first-order valence-electron chi connectivity index (χ1n) is 7.47. The van der Waals surface area contributed by atoms with E-state index in [1.165, 1.54) is 11.1 Å². The molecule has 0 radical (unpaired) electrons. The molecular formula is C19H18N2O2. The van der Waals surface area contributed by atoms with Crippen molar-refractivity contribution in [2.75, 3.05) is 0 Å². The molecule has 3 rings (SSSR count). The minimum Gasteiger partial charge on any atom is -0.467 e. The lowest BCUT2D eigenvalue weighted by Gasteiger charge is -2.10. The Labute approximate surface area is 135 Å². The highest BCUT2D eigenvalue weighted by Gasteiger charge is 2.10. The van der Waals surface area contributed by atoms with Gasteiger partial charge in [0.15, 0.2) is 0 Å². The summed E-state index contributed by atoms with van der Waals surface area (Å²) in [4.78, 5) is 16.5. The second-order valence-electron chi connectivity index (χ2n) is 5.47. The van der Waals surface area contributed by atoms with Crippen molar-refractivity contribution >= 4 is 5.91 Å². The standard InChI is InChI=1S/C19H18N2O2/c1-13-5-3-7-18(14(13)2)15-9-16(11-20-10-15)19(22)21-12-17-6-4-8-23-17/h3-11H,12H2,1-2H3,(H,21,22). The molecular weight excluding hydrogens is 288 g/mol. The maximum absolute atomic E-state index is 12.3. The van der Waals surface area contributed by atoms with Crippen molar-refractivity contribution in [2.24, 2.45) is 0 Å². The van der Waals surface area contributed by atoms with Crippen LogP contribution < -0.4 is 5.32 Å². The van der Waals surface area contributed by atoms with Crippen molar-refractivity contribution in [3.8, 4) is 11.1 Å². The molecule has 1 amide bonds. The number of aromatic nitrogens is 1. The Bertz CT molecular complexity index is 823. The number of hydrogen-bond acceptors (Lipinski definition) is 3. The average Bonchev–Trinajstić information content (AvgIpc) is 3.09. The third-order valence-electron chi connectivity index (χ3n) is 3.92. The smallest absolute Gasteiger partial charge is 0.253 e. The van der Waals surface area contributed by atoms with Gasteiger partial charge in [0, 0.05) is 18.0 Å². The number of carbonyl (C=O) groups excluding carboxylic acids is 1. The molecule has 0 saturated carbocycles. The Morgan fingerprint density at radius 2 is 2.04 bits per heavy atom. The third-order valence-corrected chi connectivity index (χ3v) is 3.92. The molecule has 2 aromatic heterocycles. The number of rotatable bonds is 4. The predicted molar refractivity (Wildman–Crippen MR) is 89.0 cm³/mol. The van der Waals surface area contributed by atoms with E-state index in [-0.39, 0.29) is 5.91 Å². The molecule has 0 aliphatic rings. The van der Waals surface area contributed by atoms with Gasteiger partial charge in [-0.2, -0.15) is 0 Å². The molecule has 1 N–H and O–H groups in total. The Morgan fingerprint density at radius 3 is 2.83 bits per heavy atom. The summed E-state index contributed by atoms with van der Waals surface area (Å²) in [7, 11) is 0. The second kappa shape index (κ2) is 6.48. The molecule has 0 atom stereocenters. The van der Waals surface area contributed by atoms with Gasteiger partial charge in [0.05, 0.1) is 18.4 Å². The van der Waals surface area contributed by atoms with E-state index in [1.54, 1.807) is 24.7 Å². The minimum absolute atomic E-state index is 0.166. The van der Waals surface area contributed by atoms with Crippen LogP contribution in [0.25, 0.3) is 11.1 Å². The number of benzene rings is 1. The monoisotopic (exact) mass is 306 g/mol. The maximum atomic E-state index is 12.3. The van der Waals surface area contributed by atoms with Crippen molar-refractivity contribution in [3.05, 3.63) is 77.5 Å². The van der Waals surface area contributed by atoms with Crippen molar-refractivity contribution in [3.63, 3.8) is 0 Å². The van der Waals surface area contributed by atoms with E-state index in [1.807, 2.05) is 24.3 Å². The zero-order chi connectivity index (χ0) is 16.2. The number of hydrogen-bond donors (Lipinski definition) is 1. The molecule has 23 heavy (non-hydrogen) atoms. The van der Waals surface area contributed by atoms with Gasteiger partial charge >= 0.3 is 0 Å². The van der Waals surface area contributed by atoms with Crippen LogP contribution in [0.1, 0.15) is 27.2 Å². The summed E-state index contributed by atoms with van der Waals surface area (Å²) in [5.41, 5.74) is 4.99. The largest absolute Gasteiger partial charge is 0.467 e. The van der Waals surface area contributed by atoms with Crippen molar-refractivity contribution < 1.29 is 9.21 Å². The molecule has 0 aliphatic carbocycles. The fraction of sp³-hybridized carbons (Fsp3) is 0.158. The zero-order valence-electron chi connectivity index (χ0n) is 13.2. The first-order chi connectivity index (χ1) is 11.1. The van der Waals surface area contributed by atoms with Gasteiger partial charge in [0.25, 0.3) is 5.91 Å². The number of nitrogens with zero attached hydrogens (tertiary/aromatic N) is 1. The second-order valence-corrected chi connectivity index (χ2v) is 5.47. The first-order valence-corrected chi connectivity index (χ1v) is 7.47. The number of carbonyl (C=O) groups is 1. The molecule has 116 valence electrons. The van der Waals surface area contributed by atoms with Crippen LogP contribution >= 0.6 is 0 Å². The highest BCUT2D eigenvalue weighted by molar-refractivity contribution is 5.95. The molecule has 0 bridgehead atoms. The minimum atomic E-state index is -0.166. The summed E-state index contributed by atoms with van der Waals surface area (Å²) in [5, 5.41) is 2.83. The van der Waals surface area contributed by atoms with Crippen LogP contribution in [-0.2, 0) is 6.54 Å². The van der Waals surface area contributed by atoms with Gasteiger partial charge < -0.3 is 9.73 Å². The number of amides is 1. The summed E-state index contributed by atoms with van der Waals surface area (Å²) in [6, 6.07) is 11.6. The molecule has 4 nitrogen and oxygen atoms in total.